The lowest BCUT2D eigenvalue weighted by Gasteiger charge is -2.36. The minimum atomic E-state index is -1.03. The Hall–Kier alpha value is -2.58. The molecule has 5 atom stereocenters. The van der Waals surface area contributed by atoms with E-state index in [4.69, 9.17) is 4.74 Å². The van der Waals surface area contributed by atoms with Crippen LogP contribution in [0.2, 0.25) is 0 Å². The van der Waals surface area contributed by atoms with E-state index in [0.717, 1.165) is 11.1 Å². The highest BCUT2D eigenvalue weighted by molar-refractivity contribution is 6.30. The first-order chi connectivity index (χ1) is 15.1. The van der Waals surface area contributed by atoms with Crippen LogP contribution in [0.1, 0.15) is 81.3 Å². The van der Waals surface area contributed by atoms with Gasteiger partial charge in [-0.1, -0.05) is 12.1 Å². The van der Waals surface area contributed by atoms with Gasteiger partial charge in [0.1, 0.15) is 11.9 Å². The fourth-order valence-electron chi connectivity index (χ4n) is 5.31. The summed E-state index contributed by atoms with van der Waals surface area (Å²) in [6, 6.07) is 6.45. The molecule has 2 aromatic rings. The maximum Gasteiger partial charge on any atom is 0.198 e. The maximum atomic E-state index is 13.4. The molecule has 32 heavy (non-hydrogen) atoms. The van der Waals surface area contributed by atoms with Crippen LogP contribution < -0.4 is 0 Å². The summed E-state index contributed by atoms with van der Waals surface area (Å²) >= 11 is 0. The molecule has 5 rings (SSSR count). The van der Waals surface area contributed by atoms with Crippen molar-refractivity contribution in [2.75, 3.05) is 0 Å². The van der Waals surface area contributed by atoms with Crippen molar-refractivity contribution in [3.8, 4) is 5.75 Å². The molecule has 2 aliphatic carbocycles. The number of benzene rings is 2. The third kappa shape index (κ3) is 3.11. The van der Waals surface area contributed by atoms with Crippen LogP contribution in [0.4, 0.5) is 0 Å². The molecule has 3 aliphatic rings. The zero-order valence-electron chi connectivity index (χ0n) is 18.0. The van der Waals surface area contributed by atoms with Crippen molar-refractivity contribution in [2.24, 2.45) is 0 Å². The van der Waals surface area contributed by atoms with Gasteiger partial charge in [-0.2, -0.15) is 0 Å². The molecule has 1 unspecified atom stereocenters. The van der Waals surface area contributed by atoms with Crippen molar-refractivity contribution in [1.82, 2.24) is 0 Å². The summed E-state index contributed by atoms with van der Waals surface area (Å²) < 4.78 is 5.76. The predicted octanol–water partition coefficient (Wildman–Crippen LogP) is 1.98. The molecule has 0 spiro atoms. The lowest BCUT2D eigenvalue weighted by molar-refractivity contribution is -0.163. The van der Waals surface area contributed by atoms with Gasteiger partial charge in [0.25, 0.3) is 0 Å². The molecule has 0 amide bonds. The minimum absolute atomic E-state index is 0.0559. The van der Waals surface area contributed by atoms with Gasteiger partial charge in [-0.15, -0.1) is 0 Å². The van der Waals surface area contributed by atoms with Crippen molar-refractivity contribution in [3.05, 3.63) is 63.2 Å². The van der Waals surface area contributed by atoms with E-state index in [2.05, 4.69) is 0 Å². The number of aromatic hydroxyl groups is 1. The van der Waals surface area contributed by atoms with Crippen LogP contribution in [-0.2, 0) is 17.6 Å². The second-order valence-corrected chi connectivity index (χ2v) is 9.51. The number of fused-ring (bicyclic) bond motifs is 4. The standard InChI is InChI=1S/C25H26O7/c1-11-21(27)17(26)9-18(32-11)14-5-6-16-20(22(14)28)24(30)15-4-3-12-10-25(2,31)8-7-13(12)19(15)23(16)29/h3-6,11,17-18,21,26-28,31H,7-10H2,1-2H3/t11-,17-,18-,21-,25?/m1/s1. The summed E-state index contributed by atoms with van der Waals surface area (Å²) in [6.45, 7) is 3.39. The van der Waals surface area contributed by atoms with Crippen molar-refractivity contribution in [3.63, 3.8) is 0 Å². The van der Waals surface area contributed by atoms with E-state index >= 15 is 0 Å². The molecule has 1 heterocycles. The van der Waals surface area contributed by atoms with Crippen LogP contribution in [0.25, 0.3) is 0 Å². The summed E-state index contributed by atoms with van der Waals surface area (Å²) in [7, 11) is 0. The summed E-state index contributed by atoms with van der Waals surface area (Å²) in [5.41, 5.74) is 1.82. The largest absolute Gasteiger partial charge is 0.507 e. The Labute approximate surface area is 185 Å². The minimum Gasteiger partial charge on any atom is -0.507 e. The lowest BCUT2D eigenvalue weighted by atomic mass is 9.73. The molecule has 168 valence electrons. The number of ether oxygens (including phenoxy) is 1. The Kier molecular flexibility index (Phi) is 4.80. The second kappa shape index (κ2) is 7.22. The Morgan fingerprint density at radius 2 is 1.69 bits per heavy atom. The summed E-state index contributed by atoms with van der Waals surface area (Å²) in [5, 5.41) is 41.5. The number of carbonyl (C=O) groups excluding carboxylic acids is 2. The summed E-state index contributed by atoms with van der Waals surface area (Å²) in [5.74, 6) is -1.07. The van der Waals surface area contributed by atoms with E-state index in [1.54, 1.807) is 32.0 Å². The third-order valence-corrected chi connectivity index (χ3v) is 7.10. The topological polar surface area (TPSA) is 124 Å². The molecule has 7 nitrogen and oxygen atoms in total. The number of carbonyl (C=O) groups is 2. The van der Waals surface area contributed by atoms with E-state index < -0.39 is 35.8 Å². The Balaban J connectivity index is 1.59. The smallest absolute Gasteiger partial charge is 0.198 e. The van der Waals surface area contributed by atoms with E-state index in [1.807, 2.05) is 0 Å². The van der Waals surface area contributed by atoms with Crippen molar-refractivity contribution in [1.29, 1.82) is 0 Å². The number of rotatable bonds is 1. The van der Waals surface area contributed by atoms with Gasteiger partial charge in [-0.25, -0.2) is 0 Å². The molecule has 0 saturated carbocycles. The fraction of sp³-hybridized carbons (Fsp3) is 0.440. The van der Waals surface area contributed by atoms with E-state index in [-0.39, 0.29) is 34.6 Å². The number of hydrogen-bond donors (Lipinski definition) is 4. The zero-order chi connectivity index (χ0) is 22.9. The van der Waals surface area contributed by atoms with Gasteiger partial charge in [0.15, 0.2) is 11.6 Å². The van der Waals surface area contributed by atoms with Crippen LogP contribution in [0.3, 0.4) is 0 Å². The Bertz CT molecular complexity index is 1140. The van der Waals surface area contributed by atoms with Gasteiger partial charge in [0.05, 0.1) is 29.5 Å². The monoisotopic (exact) mass is 438 g/mol. The summed E-state index contributed by atoms with van der Waals surface area (Å²) in [6.07, 6.45) is -1.96. The number of aliphatic hydroxyl groups is 3. The molecule has 1 aliphatic heterocycles. The van der Waals surface area contributed by atoms with Crippen molar-refractivity contribution in [2.45, 2.75) is 69.5 Å². The Morgan fingerprint density at radius 1 is 1.03 bits per heavy atom. The second-order valence-electron chi connectivity index (χ2n) is 9.51. The highest BCUT2D eigenvalue weighted by Gasteiger charge is 2.40. The molecule has 7 heteroatoms. The number of phenols is 1. The highest BCUT2D eigenvalue weighted by atomic mass is 16.5. The quantitative estimate of drug-likeness (QED) is 0.458. The molecule has 0 bridgehead atoms. The number of phenolic OH excluding ortho intramolecular Hbond substituents is 1. The van der Waals surface area contributed by atoms with Gasteiger partial charge in [-0.3, -0.25) is 9.59 Å². The summed E-state index contributed by atoms with van der Waals surface area (Å²) in [4.78, 5) is 26.9. The van der Waals surface area contributed by atoms with Crippen molar-refractivity contribution >= 4 is 11.6 Å². The van der Waals surface area contributed by atoms with E-state index in [9.17, 15) is 30.0 Å². The first kappa shape index (κ1) is 21.3. The normalized spacial score (nSPS) is 31.7. The van der Waals surface area contributed by atoms with E-state index in [0.29, 0.717) is 30.4 Å². The number of ketones is 2. The maximum absolute atomic E-state index is 13.4. The lowest BCUT2D eigenvalue weighted by Crippen LogP contribution is -2.44. The van der Waals surface area contributed by atoms with Crippen LogP contribution in [0.15, 0.2) is 24.3 Å². The molecular formula is C25H26O7. The van der Waals surface area contributed by atoms with Gasteiger partial charge >= 0.3 is 0 Å². The molecular weight excluding hydrogens is 412 g/mol. The average molecular weight is 438 g/mol. The first-order valence-electron chi connectivity index (χ1n) is 10.9. The van der Waals surface area contributed by atoms with Crippen molar-refractivity contribution < 1.29 is 34.8 Å². The number of hydrogen-bond acceptors (Lipinski definition) is 7. The fourth-order valence-corrected chi connectivity index (χ4v) is 5.31. The predicted molar refractivity (Wildman–Crippen MR) is 114 cm³/mol. The van der Waals surface area contributed by atoms with Crippen LogP contribution >= 0.6 is 0 Å². The van der Waals surface area contributed by atoms with Gasteiger partial charge in [0.2, 0.25) is 0 Å². The zero-order valence-corrected chi connectivity index (χ0v) is 18.0. The molecule has 2 aromatic carbocycles. The van der Waals surface area contributed by atoms with E-state index in [1.165, 1.54) is 6.07 Å². The van der Waals surface area contributed by atoms with Gasteiger partial charge in [-0.05, 0) is 49.9 Å². The molecule has 0 radical (unpaired) electrons. The van der Waals surface area contributed by atoms with Crippen LogP contribution in [0, 0.1) is 0 Å². The van der Waals surface area contributed by atoms with Crippen LogP contribution in [0.5, 0.6) is 5.75 Å². The average Bonchev–Trinajstić information content (AvgIpc) is 2.73. The first-order valence-corrected chi connectivity index (χ1v) is 10.9. The molecule has 4 N–H and O–H groups in total. The highest BCUT2D eigenvalue weighted by Crippen LogP contribution is 2.43. The molecule has 1 saturated heterocycles. The number of aliphatic hydroxyl groups excluding tert-OH is 2. The third-order valence-electron chi connectivity index (χ3n) is 7.10. The SMILES string of the molecule is C[C@H]1O[C@@H](c2ccc3c(c2O)C(=O)c2ccc4c(c2C3=O)CCC(C)(O)C4)C[C@@H](O)[C@@H]1O. The van der Waals surface area contributed by atoms with Gasteiger partial charge < -0.3 is 25.2 Å². The van der Waals surface area contributed by atoms with Gasteiger partial charge in [0, 0.05) is 35.1 Å². The van der Waals surface area contributed by atoms with Crippen LogP contribution in [-0.4, -0.2) is 55.9 Å². The Morgan fingerprint density at radius 3 is 2.41 bits per heavy atom. The molecule has 1 fully saturated rings. The molecule has 0 aromatic heterocycles.